The second-order valence-electron chi connectivity index (χ2n) is 9.70. The van der Waals surface area contributed by atoms with E-state index in [1.807, 2.05) is 42.9 Å². The molecule has 36 heavy (non-hydrogen) atoms. The fourth-order valence-corrected chi connectivity index (χ4v) is 5.18. The Kier molecular flexibility index (Phi) is 7.06. The molecule has 4 heterocycles. The molecule has 1 aliphatic carbocycles. The van der Waals surface area contributed by atoms with Crippen LogP contribution in [0.1, 0.15) is 51.4 Å². The van der Waals surface area contributed by atoms with Crippen LogP contribution in [0.3, 0.4) is 0 Å². The maximum absolute atomic E-state index is 5.90. The number of rotatable bonds is 9. The van der Waals surface area contributed by atoms with E-state index >= 15 is 0 Å². The molecule has 2 N–H and O–H groups in total. The van der Waals surface area contributed by atoms with E-state index in [0.29, 0.717) is 31.3 Å². The Bertz CT molecular complexity index is 1340. The first-order valence-corrected chi connectivity index (χ1v) is 12.8. The van der Waals surface area contributed by atoms with E-state index in [2.05, 4.69) is 34.0 Å². The molecule has 0 bridgehead atoms. The second-order valence-corrected chi connectivity index (χ2v) is 9.70. The van der Waals surface area contributed by atoms with Crippen molar-refractivity contribution >= 4 is 28.4 Å². The number of aryl methyl sites for hydroxylation is 1. The highest BCUT2D eigenvalue weighted by Crippen LogP contribution is 2.31. The lowest BCUT2D eigenvalue weighted by atomic mass is 9.93. The maximum Gasteiger partial charge on any atom is 0.243 e. The third kappa shape index (κ3) is 4.75. The average Bonchev–Trinajstić information content (AvgIpc) is 3.44. The summed E-state index contributed by atoms with van der Waals surface area (Å²) in [5.41, 5.74) is 4.56. The lowest BCUT2D eigenvalue weighted by molar-refractivity contribution is -0.00158. The largest absolute Gasteiger partial charge is 0.382 e. The average molecular weight is 493 g/mol. The number of nitrogens with one attached hydrogen (secondary N) is 2. The molecule has 5 rings (SSSR count). The summed E-state index contributed by atoms with van der Waals surface area (Å²) in [6.07, 6.45) is 6.38. The van der Waals surface area contributed by atoms with Gasteiger partial charge >= 0.3 is 0 Å². The Morgan fingerprint density at radius 2 is 1.86 bits per heavy atom. The van der Waals surface area contributed by atoms with Gasteiger partial charge in [-0.1, -0.05) is 0 Å². The lowest BCUT2D eigenvalue weighted by Gasteiger charge is -2.29. The first-order chi connectivity index (χ1) is 17.5. The van der Waals surface area contributed by atoms with Crippen molar-refractivity contribution in [3.8, 4) is 11.3 Å². The van der Waals surface area contributed by atoms with Gasteiger partial charge in [0.1, 0.15) is 16.9 Å². The number of aromatic nitrogens is 6. The Hall–Kier alpha value is -3.24. The van der Waals surface area contributed by atoms with Crippen molar-refractivity contribution in [1.29, 1.82) is 0 Å². The van der Waals surface area contributed by atoms with Crippen molar-refractivity contribution < 1.29 is 9.47 Å². The fraction of sp³-hybridized carbons (Fsp3) is 0.538. The molecule has 0 aromatic carbocycles. The van der Waals surface area contributed by atoms with Gasteiger partial charge in [-0.2, -0.15) is 4.98 Å². The molecule has 0 unspecified atom stereocenters. The van der Waals surface area contributed by atoms with Gasteiger partial charge in [-0.05, 0) is 64.7 Å². The summed E-state index contributed by atoms with van der Waals surface area (Å²) in [6, 6.07) is 6.72. The minimum Gasteiger partial charge on any atom is -0.382 e. The van der Waals surface area contributed by atoms with Crippen LogP contribution in [0, 0.1) is 6.92 Å². The highest BCUT2D eigenvalue weighted by Gasteiger charge is 2.23. The van der Waals surface area contributed by atoms with Gasteiger partial charge in [0.2, 0.25) is 5.95 Å². The van der Waals surface area contributed by atoms with Gasteiger partial charge in [-0.3, -0.25) is 0 Å². The Morgan fingerprint density at radius 1 is 1.06 bits per heavy atom. The van der Waals surface area contributed by atoms with Crippen LogP contribution in [0.25, 0.3) is 27.9 Å². The smallest absolute Gasteiger partial charge is 0.243 e. The molecule has 0 atom stereocenters. The summed E-state index contributed by atoms with van der Waals surface area (Å²) in [7, 11) is 3.59. The molecular formula is C26H36N8O2. The molecule has 10 nitrogen and oxygen atoms in total. The molecule has 10 heteroatoms. The van der Waals surface area contributed by atoms with Gasteiger partial charge < -0.3 is 24.7 Å². The normalized spacial score (nSPS) is 18.4. The van der Waals surface area contributed by atoms with Crippen molar-refractivity contribution in [2.24, 2.45) is 0 Å². The van der Waals surface area contributed by atoms with Crippen molar-refractivity contribution in [3.63, 3.8) is 0 Å². The van der Waals surface area contributed by atoms with Crippen LogP contribution >= 0.6 is 0 Å². The van der Waals surface area contributed by atoms with Crippen LogP contribution in [-0.2, 0) is 9.47 Å². The third-order valence-electron chi connectivity index (χ3n) is 6.90. The topological polar surface area (TPSA) is 103 Å². The van der Waals surface area contributed by atoms with Gasteiger partial charge in [-0.25, -0.2) is 14.5 Å². The Labute approximate surface area is 211 Å². The van der Waals surface area contributed by atoms with Crippen LogP contribution in [0.5, 0.6) is 0 Å². The minimum atomic E-state index is 0.278. The number of hydrogen-bond donors (Lipinski definition) is 2. The van der Waals surface area contributed by atoms with Gasteiger partial charge in [-0.15, -0.1) is 5.10 Å². The molecule has 1 saturated carbocycles. The van der Waals surface area contributed by atoms with E-state index in [1.54, 1.807) is 7.11 Å². The fourth-order valence-electron chi connectivity index (χ4n) is 5.18. The first kappa shape index (κ1) is 24.5. The molecule has 0 radical (unpaired) electrons. The molecule has 1 aliphatic rings. The van der Waals surface area contributed by atoms with E-state index in [1.165, 1.54) is 0 Å². The summed E-state index contributed by atoms with van der Waals surface area (Å²) < 4.78 is 15.0. The molecule has 192 valence electrons. The standard InChI is InChI=1S/C26H36N8O2/c1-16(2)34-17(3)28-22-11-10-21(30-25(22)34)20-12-13-33-23(20)24(27-4)31-26(32-33)29-18-6-8-19(9-7-18)36-15-14-35-5/h10-13,16,18-19H,6-9,14-15H2,1-5H3,(H2,27,29,31,32). The number of fused-ring (bicyclic) bond motifs is 2. The monoisotopic (exact) mass is 492 g/mol. The van der Waals surface area contributed by atoms with Crippen LogP contribution in [0.2, 0.25) is 0 Å². The predicted octanol–water partition coefficient (Wildman–Crippen LogP) is 4.46. The van der Waals surface area contributed by atoms with Crippen molar-refractivity contribution in [2.45, 2.75) is 64.6 Å². The Morgan fingerprint density at radius 3 is 2.58 bits per heavy atom. The number of ether oxygens (including phenoxy) is 2. The number of anilines is 2. The Balaban J connectivity index is 1.39. The third-order valence-corrected chi connectivity index (χ3v) is 6.90. The van der Waals surface area contributed by atoms with E-state index < -0.39 is 0 Å². The molecular weight excluding hydrogens is 456 g/mol. The number of methoxy groups -OCH3 is 1. The highest BCUT2D eigenvalue weighted by molar-refractivity contribution is 5.89. The lowest BCUT2D eigenvalue weighted by Crippen LogP contribution is -2.31. The number of imidazole rings is 1. The molecule has 0 aliphatic heterocycles. The second kappa shape index (κ2) is 10.4. The summed E-state index contributed by atoms with van der Waals surface area (Å²) in [5, 5.41) is 11.6. The van der Waals surface area contributed by atoms with Crippen molar-refractivity contribution in [3.05, 3.63) is 30.2 Å². The van der Waals surface area contributed by atoms with Gasteiger partial charge in [0.25, 0.3) is 0 Å². The molecule has 0 amide bonds. The first-order valence-electron chi connectivity index (χ1n) is 12.8. The van der Waals surface area contributed by atoms with Crippen molar-refractivity contribution in [2.75, 3.05) is 38.0 Å². The van der Waals surface area contributed by atoms with E-state index in [-0.39, 0.29) is 6.04 Å². The van der Waals surface area contributed by atoms with Crippen LogP contribution in [-0.4, -0.2) is 68.7 Å². The number of nitrogens with zero attached hydrogens (tertiary/aromatic N) is 6. The highest BCUT2D eigenvalue weighted by atomic mass is 16.5. The summed E-state index contributed by atoms with van der Waals surface area (Å²) >= 11 is 0. The molecule has 4 aromatic rings. The molecule has 0 saturated heterocycles. The van der Waals surface area contributed by atoms with Crippen LogP contribution < -0.4 is 10.6 Å². The van der Waals surface area contributed by atoms with Crippen molar-refractivity contribution in [1.82, 2.24) is 29.1 Å². The van der Waals surface area contributed by atoms with Gasteiger partial charge in [0.15, 0.2) is 11.5 Å². The summed E-state index contributed by atoms with van der Waals surface area (Å²) in [4.78, 5) is 14.5. The minimum absolute atomic E-state index is 0.278. The van der Waals surface area contributed by atoms with Gasteiger partial charge in [0, 0.05) is 38.0 Å². The summed E-state index contributed by atoms with van der Waals surface area (Å²) in [6.45, 7) is 7.62. The zero-order valence-electron chi connectivity index (χ0n) is 21.8. The molecule has 4 aromatic heterocycles. The summed E-state index contributed by atoms with van der Waals surface area (Å²) in [5.74, 6) is 2.35. The van der Waals surface area contributed by atoms with Gasteiger partial charge in [0.05, 0.1) is 25.0 Å². The zero-order valence-corrected chi connectivity index (χ0v) is 21.8. The predicted molar refractivity (Wildman–Crippen MR) is 142 cm³/mol. The maximum atomic E-state index is 5.90. The van der Waals surface area contributed by atoms with Crippen LogP contribution in [0.4, 0.5) is 11.8 Å². The number of hydrogen-bond acceptors (Lipinski definition) is 8. The SMILES string of the molecule is CNc1nc(NC2CCC(OCCOC)CC2)nn2ccc(-c3ccc4nc(C)n(C(C)C)c4n3)c12. The molecule has 1 fully saturated rings. The zero-order chi connectivity index (χ0) is 25.2. The van der Waals surface area contributed by atoms with E-state index in [0.717, 1.165) is 65.3 Å². The van der Waals surface area contributed by atoms with E-state index in [4.69, 9.17) is 24.5 Å². The van der Waals surface area contributed by atoms with E-state index in [9.17, 15) is 0 Å². The molecule has 0 spiro atoms. The van der Waals surface area contributed by atoms with Crippen LogP contribution in [0.15, 0.2) is 24.4 Å². The quantitative estimate of drug-likeness (QED) is 0.330. The number of pyridine rings is 1.